The molecule has 2 aromatic rings. The van der Waals surface area contributed by atoms with E-state index in [4.69, 9.17) is 16.6 Å². The number of aliphatic carboxylic acids is 2. The number of aliphatic hydroxyl groups excluding tert-OH is 1. The molecular formula is C24H34N6O8. The second kappa shape index (κ2) is 14.7. The van der Waals surface area contributed by atoms with Gasteiger partial charge in [0, 0.05) is 23.5 Å². The van der Waals surface area contributed by atoms with Gasteiger partial charge < -0.3 is 47.7 Å². The van der Waals surface area contributed by atoms with Crippen LogP contribution in [0.25, 0.3) is 10.9 Å². The molecule has 0 saturated heterocycles. The van der Waals surface area contributed by atoms with Gasteiger partial charge >= 0.3 is 11.9 Å². The molecule has 0 aliphatic heterocycles. The summed E-state index contributed by atoms with van der Waals surface area (Å²) in [5.74, 6) is -5.44. The Hall–Kier alpha value is -4.01. The summed E-state index contributed by atoms with van der Waals surface area (Å²) < 4.78 is 0. The van der Waals surface area contributed by atoms with Gasteiger partial charge in [-0.05, 0) is 37.4 Å². The zero-order valence-electron chi connectivity index (χ0n) is 20.7. The molecule has 11 N–H and O–H groups in total. The molecule has 14 nitrogen and oxygen atoms in total. The van der Waals surface area contributed by atoms with Crippen LogP contribution < -0.4 is 27.4 Å². The smallest absolute Gasteiger partial charge is 0.326 e. The van der Waals surface area contributed by atoms with Gasteiger partial charge in [-0.1, -0.05) is 18.2 Å². The van der Waals surface area contributed by atoms with Crippen LogP contribution in [0, 0.1) is 0 Å². The normalized spacial score (nSPS) is 14.2. The maximum absolute atomic E-state index is 13.2. The number of carbonyl (C=O) groups excluding carboxylic acids is 3. The van der Waals surface area contributed by atoms with Gasteiger partial charge in [-0.25, -0.2) is 4.79 Å². The van der Waals surface area contributed by atoms with Gasteiger partial charge in [-0.15, -0.1) is 0 Å². The van der Waals surface area contributed by atoms with E-state index in [0.717, 1.165) is 10.9 Å². The van der Waals surface area contributed by atoms with Crippen molar-refractivity contribution in [3.8, 4) is 0 Å². The Labute approximate surface area is 218 Å². The van der Waals surface area contributed by atoms with Gasteiger partial charge in [0.05, 0.1) is 13.0 Å². The first-order chi connectivity index (χ1) is 18.1. The largest absolute Gasteiger partial charge is 0.481 e. The third kappa shape index (κ3) is 8.83. The SMILES string of the molecule is NCCCCC(NC(=O)C(Cc1c[nH]c2ccccc12)NC(=O)C(CC(=O)O)NC(=O)C(N)CO)C(=O)O. The molecule has 3 amide bonds. The van der Waals surface area contributed by atoms with Crippen molar-refractivity contribution in [2.75, 3.05) is 13.2 Å². The van der Waals surface area contributed by atoms with E-state index in [0.29, 0.717) is 24.9 Å². The first-order valence-corrected chi connectivity index (χ1v) is 12.0. The van der Waals surface area contributed by atoms with Crippen molar-refractivity contribution in [2.45, 2.75) is 56.3 Å². The molecule has 0 aliphatic rings. The summed E-state index contributed by atoms with van der Waals surface area (Å²) in [7, 11) is 0. The van der Waals surface area contributed by atoms with Crippen molar-refractivity contribution in [1.82, 2.24) is 20.9 Å². The number of nitrogens with two attached hydrogens (primary N) is 2. The summed E-state index contributed by atoms with van der Waals surface area (Å²) in [6.45, 7) is -0.379. The number of benzene rings is 1. The second-order valence-electron chi connectivity index (χ2n) is 8.76. The number of amides is 3. The number of rotatable bonds is 16. The maximum atomic E-state index is 13.2. The molecule has 0 fully saturated rings. The van der Waals surface area contributed by atoms with Gasteiger partial charge in [-0.3, -0.25) is 19.2 Å². The fourth-order valence-electron chi connectivity index (χ4n) is 3.77. The number of unbranched alkanes of at least 4 members (excludes halogenated alkanes) is 1. The van der Waals surface area contributed by atoms with Crippen LogP contribution in [-0.4, -0.2) is 87.3 Å². The molecule has 0 bridgehead atoms. The number of aromatic nitrogens is 1. The Morgan fingerprint density at radius 1 is 0.895 bits per heavy atom. The summed E-state index contributed by atoms with van der Waals surface area (Å²) >= 11 is 0. The highest BCUT2D eigenvalue weighted by atomic mass is 16.4. The van der Waals surface area contributed by atoms with E-state index in [1.807, 2.05) is 12.1 Å². The number of para-hydroxylation sites is 1. The maximum Gasteiger partial charge on any atom is 0.326 e. The number of hydrogen-bond donors (Lipinski definition) is 9. The van der Waals surface area contributed by atoms with Crippen molar-refractivity contribution < 1.29 is 39.3 Å². The number of aromatic amines is 1. The summed E-state index contributed by atoms with van der Waals surface area (Å²) in [5, 5.41) is 35.7. The molecule has 14 heteroatoms. The second-order valence-corrected chi connectivity index (χ2v) is 8.76. The number of carboxylic acids is 2. The van der Waals surface area contributed by atoms with Crippen molar-refractivity contribution in [1.29, 1.82) is 0 Å². The van der Waals surface area contributed by atoms with Gasteiger partial charge in [0.25, 0.3) is 0 Å². The Balaban J connectivity index is 2.31. The van der Waals surface area contributed by atoms with Crippen LogP contribution in [0.1, 0.15) is 31.2 Å². The average Bonchev–Trinajstić information content (AvgIpc) is 3.29. The Morgan fingerprint density at radius 3 is 2.16 bits per heavy atom. The van der Waals surface area contributed by atoms with Gasteiger partial charge in [0.2, 0.25) is 17.7 Å². The van der Waals surface area contributed by atoms with Crippen molar-refractivity contribution in [3.63, 3.8) is 0 Å². The van der Waals surface area contributed by atoms with E-state index in [-0.39, 0.29) is 12.8 Å². The van der Waals surface area contributed by atoms with Crippen LogP contribution in [0.4, 0.5) is 0 Å². The number of carbonyl (C=O) groups is 5. The van der Waals surface area contributed by atoms with E-state index < -0.39 is 66.9 Å². The van der Waals surface area contributed by atoms with Crippen molar-refractivity contribution >= 4 is 40.6 Å². The molecule has 0 saturated carbocycles. The third-order valence-corrected chi connectivity index (χ3v) is 5.84. The van der Waals surface area contributed by atoms with Gasteiger partial charge in [0.1, 0.15) is 24.2 Å². The summed E-state index contributed by atoms with van der Waals surface area (Å²) in [5.41, 5.74) is 12.3. The fraction of sp³-hybridized carbons (Fsp3) is 0.458. The predicted octanol–water partition coefficient (Wildman–Crippen LogP) is -1.83. The van der Waals surface area contributed by atoms with E-state index in [9.17, 15) is 34.2 Å². The number of fused-ring (bicyclic) bond motifs is 1. The van der Waals surface area contributed by atoms with Crippen LogP contribution in [0.2, 0.25) is 0 Å². The lowest BCUT2D eigenvalue weighted by atomic mass is 10.0. The topological polar surface area (TPSA) is 250 Å². The highest BCUT2D eigenvalue weighted by molar-refractivity contribution is 5.96. The lowest BCUT2D eigenvalue weighted by Gasteiger charge is -2.24. The van der Waals surface area contributed by atoms with Crippen molar-refractivity contribution in [3.05, 3.63) is 36.0 Å². The minimum Gasteiger partial charge on any atom is -0.481 e. The zero-order valence-corrected chi connectivity index (χ0v) is 20.7. The molecule has 38 heavy (non-hydrogen) atoms. The Kier molecular flexibility index (Phi) is 11.7. The van der Waals surface area contributed by atoms with E-state index >= 15 is 0 Å². The molecule has 208 valence electrons. The molecule has 1 heterocycles. The molecular weight excluding hydrogens is 500 g/mol. The summed E-state index contributed by atoms with van der Waals surface area (Å²) in [6.07, 6.45) is 1.87. The molecule has 0 radical (unpaired) electrons. The van der Waals surface area contributed by atoms with E-state index in [1.165, 1.54) is 0 Å². The highest BCUT2D eigenvalue weighted by Crippen LogP contribution is 2.19. The molecule has 2 rings (SSSR count). The van der Waals surface area contributed by atoms with E-state index in [1.54, 1.807) is 18.3 Å². The Morgan fingerprint density at radius 2 is 1.53 bits per heavy atom. The summed E-state index contributed by atoms with van der Waals surface area (Å²) in [6, 6.07) is 1.63. The summed E-state index contributed by atoms with van der Waals surface area (Å²) in [4.78, 5) is 64.5. The minimum absolute atomic E-state index is 0.0688. The van der Waals surface area contributed by atoms with Gasteiger partial charge in [0.15, 0.2) is 0 Å². The number of carboxylic acid groups (broad SMARTS) is 2. The van der Waals surface area contributed by atoms with Crippen LogP contribution in [-0.2, 0) is 30.4 Å². The van der Waals surface area contributed by atoms with Crippen LogP contribution in [0.3, 0.4) is 0 Å². The number of H-pyrrole nitrogens is 1. The lowest BCUT2D eigenvalue weighted by molar-refractivity contribution is -0.143. The first-order valence-electron chi connectivity index (χ1n) is 12.0. The lowest BCUT2D eigenvalue weighted by Crippen LogP contribution is -2.58. The van der Waals surface area contributed by atoms with Crippen LogP contribution >= 0.6 is 0 Å². The molecule has 1 aromatic carbocycles. The standard InChI is InChI=1S/C24H34N6O8/c25-8-4-3-7-17(24(37)38)28-22(35)18(9-13-11-27-16-6-2-1-5-14(13)16)30-23(36)19(10-20(32)33)29-21(34)15(26)12-31/h1-2,5-6,11,15,17-19,27,31H,3-4,7-10,12,25-26H2,(H,28,35)(H,29,34)(H,30,36)(H,32,33)(H,37,38). The van der Waals surface area contributed by atoms with Crippen LogP contribution in [0.15, 0.2) is 30.5 Å². The van der Waals surface area contributed by atoms with Gasteiger partial charge in [-0.2, -0.15) is 0 Å². The first kappa shape index (κ1) is 30.2. The zero-order chi connectivity index (χ0) is 28.2. The quantitative estimate of drug-likeness (QED) is 0.109. The number of nitrogens with one attached hydrogen (secondary N) is 4. The number of hydrogen-bond acceptors (Lipinski definition) is 8. The highest BCUT2D eigenvalue weighted by Gasteiger charge is 2.32. The predicted molar refractivity (Wildman–Crippen MR) is 136 cm³/mol. The van der Waals surface area contributed by atoms with Crippen molar-refractivity contribution in [2.24, 2.45) is 11.5 Å². The fourth-order valence-corrected chi connectivity index (χ4v) is 3.77. The van der Waals surface area contributed by atoms with Crippen LogP contribution in [0.5, 0.6) is 0 Å². The third-order valence-electron chi connectivity index (χ3n) is 5.84. The van der Waals surface area contributed by atoms with E-state index in [2.05, 4.69) is 20.9 Å². The molecule has 0 spiro atoms. The Bertz CT molecular complexity index is 1140. The molecule has 4 atom stereocenters. The molecule has 1 aromatic heterocycles. The average molecular weight is 535 g/mol. The monoisotopic (exact) mass is 534 g/mol. The molecule has 4 unspecified atom stereocenters. The molecule has 0 aliphatic carbocycles. The number of aliphatic hydroxyl groups is 1. The minimum atomic E-state index is -1.62.